The molecule has 0 bridgehead atoms. The first kappa shape index (κ1) is 13.2. The summed E-state index contributed by atoms with van der Waals surface area (Å²) in [6.07, 6.45) is -1.75. The number of halogens is 3. The molecule has 0 fully saturated rings. The molecular weight excluding hydrogens is 253 g/mol. The van der Waals surface area contributed by atoms with Gasteiger partial charge in [-0.25, -0.2) is 0 Å². The fraction of sp³-hybridized carbons (Fsp3) is 0.0667. The lowest BCUT2D eigenvalue weighted by molar-refractivity contribution is 0.241. The fourth-order valence-corrected chi connectivity index (χ4v) is 1.65. The Labute approximate surface area is 109 Å². The van der Waals surface area contributed by atoms with Crippen LogP contribution in [0.5, 0.6) is 5.75 Å². The van der Waals surface area contributed by atoms with Gasteiger partial charge in [0, 0.05) is 0 Å². The van der Waals surface area contributed by atoms with E-state index >= 15 is 0 Å². The smallest absolute Gasteiger partial charge is 0.344 e. The van der Waals surface area contributed by atoms with E-state index in [1.807, 2.05) is 30.3 Å². The Kier molecular flexibility index (Phi) is 4.23. The summed E-state index contributed by atoms with van der Waals surface area (Å²) in [6, 6.07) is 14.3. The zero-order valence-corrected chi connectivity index (χ0v) is 9.95. The summed E-state index contributed by atoms with van der Waals surface area (Å²) >= 11 is 0. The maximum atomic E-state index is 12.6. The molecule has 0 amide bonds. The van der Waals surface area contributed by atoms with Gasteiger partial charge in [-0.3, -0.25) is 0 Å². The van der Waals surface area contributed by atoms with E-state index in [1.54, 1.807) is 12.1 Å². The zero-order valence-electron chi connectivity index (χ0n) is 9.95. The van der Waals surface area contributed by atoms with Crippen LogP contribution in [0.25, 0.3) is 0 Å². The number of rotatable bonds is 4. The van der Waals surface area contributed by atoms with Crippen LogP contribution in [0.15, 0.2) is 66.7 Å². The van der Waals surface area contributed by atoms with Gasteiger partial charge in [-0.05, 0) is 29.7 Å². The van der Waals surface area contributed by atoms with Gasteiger partial charge < -0.3 is 4.74 Å². The Bertz CT molecular complexity index is 558. The highest BCUT2D eigenvalue weighted by molar-refractivity contribution is 5.32. The van der Waals surface area contributed by atoms with E-state index in [0.29, 0.717) is 0 Å². The van der Waals surface area contributed by atoms with Gasteiger partial charge in [0.15, 0.2) is 0 Å². The van der Waals surface area contributed by atoms with Gasteiger partial charge in [0.05, 0.1) is 0 Å². The molecule has 0 aliphatic heterocycles. The van der Waals surface area contributed by atoms with Gasteiger partial charge in [-0.2, -0.15) is 13.2 Å². The van der Waals surface area contributed by atoms with Crippen molar-refractivity contribution in [3.8, 4) is 5.75 Å². The van der Waals surface area contributed by atoms with E-state index in [1.165, 1.54) is 12.1 Å². The second-order valence-electron chi connectivity index (χ2n) is 3.94. The summed E-state index contributed by atoms with van der Waals surface area (Å²) in [5.41, 5.74) is 2.13. The molecule has 0 unspecified atom stereocenters. The number of hydrogen-bond donors (Lipinski definition) is 0. The Morgan fingerprint density at radius 1 is 0.789 bits per heavy atom. The molecule has 0 spiro atoms. The maximum Gasteiger partial charge on any atom is 0.344 e. The molecule has 4 heteroatoms. The third-order valence-corrected chi connectivity index (χ3v) is 2.53. The van der Waals surface area contributed by atoms with Crippen molar-refractivity contribution in [1.29, 1.82) is 0 Å². The molecule has 0 saturated carbocycles. The van der Waals surface area contributed by atoms with Crippen molar-refractivity contribution in [2.45, 2.75) is 6.42 Å². The molecule has 0 aromatic heterocycles. The second kappa shape index (κ2) is 6.09. The van der Waals surface area contributed by atoms with E-state index < -0.39 is 12.1 Å². The van der Waals surface area contributed by atoms with Crippen LogP contribution in [0.2, 0.25) is 0 Å². The second-order valence-corrected chi connectivity index (χ2v) is 3.94. The van der Waals surface area contributed by atoms with Crippen LogP contribution in [-0.2, 0) is 6.42 Å². The van der Waals surface area contributed by atoms with Crippen molar-refractivity contribution in [3.05, 3.63) is 77.8 Å². The number of hydrogen-bond acceptors (Lipinski definition) is 1. The van der Waals surface area contributed by atoms with E-state index in [0.717, 1.165) is 17.5 Å². The van der Waals surface area contributed by atoms with Crippen LogP contribution >= 0.6 is 0 Å². The van der Waals surface area contributed by atoms with Gasteiger partial charge in [0.2, 0.25) is 0 Å². The van der Waals surface area contributed by atoms with E-state index in [2.05, 4.69) is 4.74 Å². The van der Waals surface area contributed by atoms with Crippen molar-refractivity contribution in [2.75, 3.05) is 0 Å². The molecule has 0 aliphatic carbocycles. The summed E-state index contributed by atoms with van der Waals surface area (Å²) < 4.78 is 40.6. The van der Waals surface area contributed by atoms with Crippen LogP contribution in [0, 0.1) is 0 Å². The SMILES string of the molecule is FC(F)=C(F)Oc1ccc(Cc2ccccc2)cc1. The molecule has 98 valence electrons. The quantitative estimate of drug-likeness (QED) is 0.728. The molecule has 2 rings (SSSR count). The summed E-state index contributed by atoms with van der Waals surface area (Å²) in [5.74, 6) is 0.0436. The molecule has 0 N–H and O–H groups in total. The normalized spacial score (nSPS) is 10.1. The van der Waals surface area contributed by atoms with Crippen molar-refractivity contribution in [2.24, 2.45) is 0 Å². The van der Waals surface area contributed by atoms with Gasteiger partial charge in [0.1, 0.15) is 5.75 Å². The summed E-state index contributed by atoms with van der Waals surface area (Å²) in [5, 5.41) is 0. The molecule has 2 aromatic rings. The van der Waals surface area contributed by atoms with Crippen molar-refractivity contribution in [1.82, 2.24) is 0 Å². The Balaban J connectivity index is 2.05. The Hall–Kier alpha value is -2.23. The minimum absolute atomic E-state index is 0.0436. The topological polar surface area (TPSA) is 9.23 Å². The first-order valence-corrected chi connectivity index (χ1v) is 5.66. The Morgan fingerprint density at radius 3 is 1.95 bits per heavy atom. The monoisotopic (exact) mass is 264 g/mol. The largest absolute Gasteiger partial charge is 0.428 e. The summed E-state index contributed by atoms with van der Waals surface area (Å²) in [7, 11) is 0. The fourth-order valence-electron chi connectivity index (χ4n) is 1.65. The summed E-state index contributed by atoms with van der Waals surface area (Å²) in [4.78, 5) is 0. The average Bonchev–Trinajstić information content (AvgIpc) is 2.42. The molecule has 0 heterocycles. The van der Waals surface area contributed by atoms with Gasteiger partial charge in [-0.1, -0.05) is 42.5 Å². The lowest BCUT2D eigenvalue weighted by Crippen LogP contribution is -1.92. The first-order chi connectivity index (χ1) is 9.15. The predicted molar refractivity (Wildman–Crippen MR) is 66.7 cm³/mol. The molecule has 0 atom stereocenters. The number of ether oxygens (including phenoxy) is 1. The summed E-state index contributed by atoms with van der Waals surface area (Å²) in [6.45, 7) is 0. The van der Waals surface area contributed by atoms with Crippen LogP contribution in [-0.4, -0.2) is 0 Å². The van der Waals surface area contributed by atoms with Crippen LogP contribution in [0.3, 0.4) is 0 Å². The maximum absolute atomic E-state index is 12.6. The third kappa shape index (κ3) is 3.88. The first-order valence-electron chi connectivity index (χ1n) is 5.66. The predicted octanol–water partition coefficient (Wildman–Crippen LogP) is 4.69. The highest BCUT2D eigenvalue weighted by atomic mass is 19.3. The molecular formula is C15H11F3O. The lowest BCUT2D eigenvalue weighted by Gasteiger charge is -2.04. The van der Waals surface area contributed by atoms with Crippen molar-refractivity contribution < 1.29 is 17.9 Å². The minimum Gasteiger partial charge on any atom is -0.428 e. The van der Waals surface area contributed by atoms with E-state index in [4.69, 9.17) is 0 Å². The standard InChI is InChI=1S/C15H11F3O/c16-14(17)15(18)19-13-8-6-12(7-9-13)10-11-4-2-1-3-5-11/h1-9H,10H2. The number of benzene rings is 2. The van der Waals surface area contributed by atoms with Crippen molar-refractivity contribution in [3.63, 3.8) is 0 Å². The van der Waals surface area contributed by atoms with Crippen LogP contribution < -0.4 is 4.74 Å². The van der Waals surface area contributed by atoms with Gasteiger partial charge >= 0.3 is 12.1 Å². The lowest BCUT2D eigenvalue weighted by atomic mass is 10.1. The van der Waals surface area contributed by atoms with E-state index in [9.17, 15) is 13.2 Å². The molecule has 0 aliphatic rings. The van der Waals surface area contributed by atoms with E-state index in [-0.39, 0.29) is 5.75 Å². The highest BCUT2D eigenvalue weighted by Gasteiger charge is 2.07. The van der Waals surface area contributed by atoms with Gasteiger partial charge in [-0.15, -0.1) is 0 Å². The minimum atomic E-state index is -2.46. The molecule has 2 aromatic carbocycles. The molecule has 0 radical (unpaired) electrons. The highest BCUT2D eigenvalue weighted by Crippen LogP contribution is 2.20. The van der Waals surface area contributed by atoms with Gasteiger partial charge in [0.25, 0.3) is 0 Å². The molecule has 1 nitrogen and oxygen atoms in total. The Morgan fingerprint density at radius 2 is 1.37 bits per heavy atom. The average molecular weight is 264 g/mol. The van der Waals surface area contributed by atoms with Crippen molar-refractivity contribution >= 4 is 0 Å². The third-order valence-electron chi connectivity index (χ3n) is 2.53. The molecule has 0 saturated heterocycles. The molecule has 19 heavy (non-hydrogen) atoms. The zero-order chi connectivity index (χ0) is 13.7. The van der Waals surface area contributed by atoms with Crippen LogP contribution in [0.1, 0.15) is 11.1 Å². The van der Waals surface area contributed by atoms with Crippen LogP contribution in [0.4, 0.5) is 13.2 Å².